The van der Waals surface area contributed by atoms with Crippen LogP contribution in [-0.4, -0.2) is 6.04 Å². The smallest absolute Gasteiger partial charge is 0.0104 e. The summed E-state index contributed by atoms with van der Waals surface area (Å²) in [6, 6.07) is 0.332. The minimum absolute atomic E-state index is 0.332. The molecule has 0 aromatic carbocycles. The summed E-state index contributed by atoms with van der Waals surface area (Å²) in [5.41, 5.74) is 7.48. The fourth-order valence-corrected chi connectivity index (χ4v) is 1.83. The van der Waals surface area contributed by atoms with Crippen LogP contribution in [-0.2, 0) is 0 Å². The van der Waals surface area contributed by atoms with Gasteiger partial charge in [0, 0.05) is 6.04 Å². The van der Waals surface area contributed by atoms with Crippen molar-refractivity contribution in [3.63, 3.8) is 0 Å². The van der Waals surface area contributed by atoms with Gasteiger partial charge >= 0.3 is 0 Å². The maximum atomic E-state index is 6.18. The second-order valence-electron chi connectivity index (χ2n) is 4.28. The fraction of sp³-hybridized carbons (Fsp3) is 0.846. The Hall–Kier alpha value is -0.300. The molecule has 0 saturated carbocycles. The third-order valence-corrected chi connectivity index (χ3v) is 3.08. The van der Waals surface area contributed by atoms with Crippen LogP contribution < -0.4 is 5.73 Å². The standard InChI is InChI=1S/C13H27N/c1-5-8-9-12(7-3)13(14)10-11(4)6-2/h12-13H,4-10,14H2,1-3H3. The Kier molecular flexibility index (Phi) is 7.87. The zero-order valence-corrected chi connectivity index (χ0v) is 10.2. The highest BCUT2D eigenvalue weighted by Gasteiger charge is 2.15. The van der Waals surface area contributed by atoms with Crippen LogP contribution in [0.25, 0.3) is 0 Å². The Labute approximate surface area is 89.8 Å². The highest BCUT2D eigenvalue weighted by atomic mass is 14.6. The molecule has 0 fully saturated rings. The van der Waals surface area contributed by atoms with Crippen molar-refractivity contribution in [3.8, 4) is 0 Å². The highest BCUT2D eigenvalue weighted by molar-refractivity contribution is 4.97. The van der Waals surface area contributed by atoms with Crippen LogP contribution in [0.2, 0.25) is 0 Å². The third-order valence-electron chi connectivity index (χ3n) is 3.08. The Balaban J connectivity index is 3.90. The maximum Gasteiger partial charge on any atom is 0.0104 e. The van der Waals surface area contributed by atoms with Crippen molar-refractivity contribution in [1.82, 2.24) is 0 Å². The molecule has 0 aromatic heterocycles. The zero-order valence-electron chi connectivity index (χ0n) is 10.2. The molecule has 0 bridgehead atoms. The van der Waals surface area contributed by atoms with Crippen molar-refractivity contribution < 1.29 is 0 Å². The summed E-state index contributed by atoms with van der Waals surface area (Å²) in [4.78, 5) is 0. The van der Waals surface area contributed by atoms with E-state index in [4.69, 9.17) is 5.73 Å². The number of hydrogen-bond acceptors (Lipinski definition) is 1. The van der Waals surface area contributed by atoms with Crippen LogP contribution >= 0.6 is 0 Å². The van der Waals surface area contributed by atoms with Crippen molar-refractivity contribution >= 4 is 0 Å². The molecule has 0 saturated heterocycles. The van der Waals surface area contributed by atoms with Crippen LogP contribution in [0.4, 0.5) is 0 Å². The first-order valence-corrected chi connectivity index (χ1v) is 6.07. The molecule has 0 rings (SSSR count). The van der Waals surface area contributed by atoms with Crippen LogP contribution in [0, 0.1) is 5.92 Å². The van der Waals surface area contributed by atoms with E-state index in [-0.39, 0.29) is 0 Å². The van der Waals surface area contributed by atoms with Crippen molar-refractivity contribution in [1.29, 1.82) is 0 Å². The topological polar surface area (TPSA) is 26.0 Å². The summed E-state index contributed by atoms with van der Waals surface area (Å²) in [6.45, 7) is 10.7. The molecule has 2 unspecified atom stereocenters. The number of nitrogens with two attached hydrogens (primary N) is 1. The lowest BCUT2D eigenvalue weighted by Crippen LogP contribution is -2.30. The van der Waals surface area contributed by atoms with Gasteiger partial charge in [0.25, 0.3) is 0 Å². The maximum absolute atomic E-state index is 6.18. The molecule has 0 aliphatic rings. The predicted molar refractivity (Wildman–Crippen MR) is 65.3 cm³/mol. The summed E-state index contributed by atoms with van der Waals surface area (Å²) < 4.78 is 0. The quantitative estimate of drug-likeness (QED) is 0.587. The number of rotatable bonds is 8. The molecular weight excluding hydrogens is 170 g/mol. The van der Waals surface area contributed by atoms with E-state index >= 15 is 0 Å². The van der Waals surface area contributed by atoms with Gasteiger partial charge in [0.2, 0.25) is 0 Å². The molecule has 2 atom stereocenters. The van der Waals surface area contributed by atoms with Crippen molar-refractivity contribution in [2.24, 2.45) is 11.7 Å². The molecule has 0 aliphatic carbocycles. The lowest BCUT2D eigenvalue weighted by atomic mass is 9.88. The third kappa shape index (κ3) is 5.43. The van der Waals surface area contributed by atoms with Crippen LogP contribution in [0.15, 0.2) is 12.2 Å². The van der Waals surface area contributed by atoms with Crippen LogP contribution in [0.3, 0.4) is 0 Å². The molecule has 2 N–H and O–H groups in total. The first-order chi connectivity index (χ1) is 6.65. The van der Waals surface area contributed by atoms with Gasteiger partial charge < -0.3 is 5.73 Å². The van der Waals surface area contributed by atoms with E-state index < -0.39 is 0 Å². The fourth-order valence-electron chi connectivity index (χ4n) is 1.83. The first kappa shape index (κ1) is 13.7. The van der Waals surface area contributed by atoms with Gasteiger partial charge in [0.05, 0.1) is 0 Å². The van der Waals surface area contributed by atoms with Gasteiger partial charge in [0.1, 0.15) is 0 Å². The SMILES string of the molecule is C=C(CC)CC(N)C(CC)CCCC. The minimum Gasteiger partial charge on any atom is -0.327 e. The minimum atomic E-state index is 0.332. The molecule has 0 radical (unpaired) electrons. The summed E-state index contributed by atoms with van der Waals surface area (Å²) in [5.74, 6) is 0.693. The lowest BCUT2D eigenvalue weighted by molar-refractivity contribution is 0.367. The summed E-state index contributed by atoms with van der Waals surface area (Å²) >= 11 is 0. The monoisotopic (exact) mass is 197 g/mol. The van der Waals surface area contributed by atoms with E-state index in [0.717, 1.165) is 12.8 Å². The van der Waals surface area contributed by atoms with Crippen molar-refractivity contribution in [3.05, 3.63) is 12.2 Å². The summed E-state index contributed by atoms with van der Waals surface area (Å²) in [7, 11) is 0. The molecule has 0 aromatic rings. The van der Waals surface area contributed by atoms with E-state index in [9.17, 15) is 0 Å². The Morgan fingerprint density at radius 2 is 1.93 bits per heavy atom. The second-order valence-corrected chi connectivity index (χ2v) is 4.28. The highest BCUT2D eigenvalue weighted by Crippen LogP contribution is 2.20. The second kappa shape index (κ2) is 8.05. The van der Waals surface area contributed by atoms with Gasteiger partial charge in [-0.3, -0.25) is 0 Å². The number of unbranched alkanes of at least 4 members (excludes halogenated alkanes) is 1. The van der Waals surface area contributed by atoms with Gasteiger partial charge in [-0.1, -0.05) is 52.2 Å². The largest absolute Gasteiger partial charge is 0.327 e. The van der Waals surface area contributed by atoms with E-state index in [2.05, 4.69) is 27.4 Å². The van der Waals surface area contributed by atoms with Crippen LogP contribution in [0.1, 0.15) is 59.3 Å². The van der Waals surface area contributed by atoms with Gasteiger partial charge in [-0.2, -0.15) is 0 Å². The van der Waals surface area contributed by atoms with Crippen LogP contribution in [0.5, 0.6) is 0 Å². The van der Waals surface area contributed by atoms with Gasteiger partial charge in [-0.15, -0.1) is 0 Å². The first-order valence-electron chi connectivity index (χ1n) is 6.07. The molecule has 0 heterocycles. The summed E-state index contributed by atoms with van der Waals surface area (Å²) in [6.07, 6.45) is 7.16. The number of hydrogen-bond donors (Lipinski definition) is 1. The van der Waals surface area contributed by atoms with E-state index in [0.29, 0.717) is 12.0 Å². The summed E-state index contributed by atoms with van der Waals surface area (Å²) in [5, 5.41) is 0. The van der Waals surface area contributed by atoms with Crippen molar-refractivity contribution in [2.75, 3.05) is 0 Å². The molecular formula is C13H27N. The van der Waals surface area contributed by atoms with Crippen molar-refractivity contribution in [2.45, 2.75) is 65.3 Å². The Bertz CT molecular complexity index is 151. The van der Waals surface area contributed by atoms with E-state index in [1.54, 1.807) is 0 Å². The zero-order chi connectivity index (χ0) is 11.0. The molecule has 0 spiro atoms. The molecule has 1 heteroatoms. The molecule has 1 nitrogen and oxygen atoms in total. The van der Waals surface area contributed by atoms with Gasteiger partial charge in [-0.25, -0.2) is 0 Å². The average Bonchev–Trinajstić information content (AvgIpc) is 2.18. The van der Waals surface area contributed by atoms with E-state index in [1.807, 2.05) is 0 Å². The molecule has 84 valence electrons. The van der Waals surface area contributed by atoms with Gasteiger partial charge in [0.15, 0.2) is 0 Å². The average molecular weight is 197 g/mol. The van der Waals surface area contributed by atoms with E-state index in [1.165, 1.54) is 31.3 Å². The molecule has 14 heavy (non-hydrogen) atoms. The van der Waals surface area contributed by atoms with Gasteiger partial charge in [-0.05, 0) is 25.2 Å². The lowest BCUT2D eigenvalue weighted by Gasteiger charge is -2.23. The Morgan fingerprint density at radius 3 is 2.36 bits per heavy atom. The molecule has 0 amide bonds. The molecule has 0 aliphatic heterocycles. The predicted octanol–water partition coefficient (Wildman–Crippen LogP) is 3.89. The normalized spacial score (nSPS) is 15.1. The Morgan fingerprint density at radius 1 is 1.29 bits per heavy atom.